The van der Waals surface area contributed by atoms with Crippen LogP contribution < -0.4 is 5.73 Å². The van der Waals surface area contributed by atoms with Crippen LogP contribution in [0.15, 0.2) is 15.2 Å². The number of hydrogen-bond acceptors (Lipinski definition) is 3. The molecular formula is C12H17BrN2O2. The van der Waals surface area contributed by atoms with Crippen molar-refractivity contribution in [2.24, 2.45) is 11.1 Å². The number of carbonyl (C=O) groups is 1. The molecule has 17 heavy (non-hydrogen) atoms. The Balaban J connectivity index is 2.15. The molecule has 1 amide bonds. The summed E-state index contributed by atoms with van der Waals surface area (Å²) in [4.78, 5) is 14.1. The van der Waals surface area contributed by atoms with Gasteiger partial charge in [0.05, 0.1) is 0 Å². The lowest BCUT2D eigenvalue weighted by Gasteiger charge is -2.22. The van der Waals surface area contributed by atoms with Crippen molar-refractivity contribution in [2.75, 3.05) is 19.6 Å². The van der Waals surface area contributed by atoms with Crippen molar-refractivity contribution in [1.82, 2.24) is 4.90 Å². The first-order chi connectivity index (χ1) is 7.95. The zero-order chi connectivity index (χ0) is 12.6. The van der Waals surface area contributed by atoms with Crippen LogP contribution >= 0.6 is 15.9 Å². The van der Waals surface area contributed by atoms with Gasteiger partial charge in [-0.25, -0.2) is 0 Å². The highest BCUT2D eigenvalue weighted by Gasteiger charge is 2.36. The van der Waals surface area contributed by atoms with Crippen LogP contribution in [0.3, 0.4) is 0 Å². The number of halogens is 1. The fourth-order valence-corrected chi connectivity index (χ4v) is 2.67. The van der Waals surface area contributed by atoms with Gasteiger partial charge >= 0.3 is 0 Å². The lowest BCUT2D eigenvalue weighted by molar-refractivity contribution is 0.0743. The fourth-order valence-electron chi connectivity index (χ4n) is 2.16. The van der Waals surface area contributed by atoms with Crippen molar-refractivity contribution in [3.8, 4) is 0 Å². The zero-order valence-corrected chi connectivity index (χ0v) is 11.7. The SMILES string of the molecule is Cc1cc(Br)oc1C(=O)N1CCC(C)(CN)C1. The summed E-state index contributed by atoms with van der Waals surface area (Å²) >= 11 is 3.24. The highest BCUT2D eigenvalue weighted by Crippen LogP contribution is 2.30. The van der Waals surface area contributed by atoms with E-state index in [1.165, 1.54) is 0 Å². The second-order valence-corrected chi connectivity index (χ2v) is 5.84. The molecule has 0 aromatic carbocycles. The van der Waals surface area contributed by atoms with Crippen molar-refractivity contribution in [3.05, 3.63) is 22.1 Å². The summed E-state index contributed by atoms with van der Waals surface area (Å²) in [7, 11) is 0. The molecule has 0 spiro atoms. The largest absolute Gasteiger partial charge is 0.444 e. The lowest BCUT2D eigenvalue weighted by Crippen LogP contribution is -2.34. The zero-order valence-electron chi connectivity index (χ0n) is 10.1. The van der Waals surface area contributed by atoms with E-state index in [-0.39, 0.29) is 11.3 Å². The van der Waals surface area contributed by atoms with Crippen LogP contribution in [0.1, 0.15) is 29.5 Å². The Morgan fingerprint density at radius 3 is 2.88 bits per heavy atom. The molecule has 1 fully saturated rings. The Kier molecular flexibility index (Phi) is 3.32. The van der Waals surface area contributed by atoms with Gasteiger partial charge in [-0.1, -0.05) is 6.92 Å². The second kappa shape index (κ2) is 4.46. The first-order valence-corrected chi connectivity index (χ1v) is 6.50. The number of likely N-dealkylation sites (tertiary alicyclic amines) is 1. The molecule has 1 aliphatic heterocycles. The molecule has 2 rings (SSSR count). The molecule has 1 aromatic heterocycles. The van der Waals surface area contributed by atoms with Gasteiger partial charge in [0.25, 0.3) is 5.91 Å². The summed E-state index contributed by atoms with van der Waals surface area (Å²) in [5.41, 5.74) is 6.65. The molecule has 94 valence electrons. The number of nitrogens with zero attached hydrogens (tertiary/aromatic N) is 1. The van der Waals surface area contributed by atoms with Crippen molar-refractivity contribution >= 4 is 21.8 Å². The Bertz CT molecular complexity index is 444. The van der Waals surface area contributed by atoms with Crippen LogP contribution in [-0.4, -0.2) is 30.4 Å². The third-order valence-electron chi connectivity index (χ3n) is 3.42. The monoisotopic (exact) mass is 300 g/mol. The average Bonchev–Trinajstić information content (AvgIpc) is 2.82. The minimum absolute atomic E-state index is 0.0367. The summed E-state index contributed by atoms with van der Waals surface area (Å²) < 4.78 is 5.98. The average molecular weight is 301 g/mol. The molecule has 2 N–H and O–H groups in total. The maximum atomic E-state index is 12.3. The van der Waals surface area contributed by atoms with Crippen molar-refractivity contribution in [2.45, 2.75) is 20.3 Å². The third-order valence-corrected chi connectivity index (χ3v) is 3.81. The molecular weight excluding hydrogens is 284 g/mol. The molecule has 1 aromatic rings. The van der Waals surface area contributed by atoms with Crippen molar-refractivity contribution < 1.29 is 9.21 Å². The van der Waals surface area contributed by atoms with Gasteiger partial charge < -0.3 is 15.1 Å². The van der Waals surface area contributed by atoms with E-state index in [4.69, 9.17) is 10.2 Å². The van der Waals surface area contributed by atoms with E-state index in [0.29, 0.717) is 23.5 Å². The van der Waals surface area contributed by atoms with E-state index >= 15 is 0 Å². The highest BCUT2D eigenvalue weighted by molar-refractivity contribution is 9.10. The van der Waals surface area contributed by atoms with Crippen molar-refractivity contribution in [1.29, 1.82) is 0 Å². The lowest BCUT2D eigenvalue weighted by atomic mass is 9.90. The van der Waals surface area contributed by atoms with Gasteiger partial charge in [0.15, 0.2) is 10.4 Å². The van der Waals surface area contributed by atoms with E-state index in [0.717, 1.165) is 18.5 Å². The highest BCUT2D eigenvalue weighted by atomic mass is 79.9. The van der Waals surface area contributed by atoms with Crippen LogP contribution in [0.5, 0.6) is 0 Å². The Labute approximate surface area is 109 Å². The van der Waals surface area contributed by atoms with Crippen LogP contribution in [0.25, 0.3) is 0 Å². The van der Waals surface area contributed by atoms with Crippen LogP contribution in [0.2, 0.25) is 0 Å². The predicted octanol–water partition coefficient (Wildman–Crippen LogP) is 2.16. The number of amides is 1. The molecule has 1 atom stereocenters. The van der Waals surface area contributed by atoms with Crippen LogP contribution in [0, 0.1) is 12.3 Å². The van der Waals surface area contributed by atoms with Gasteiger partial charge in [-0.15, -0.1) is 0 Å². The number of aryl methyl sites for hydroxylation is 1. The van der Waals surface area contributed by atoms with E-state index < -0.39 is 0 Å². The molecule has 4 nitrogen and oxygen atoms in total. The normalized spacial score (nSPS) is 24.4. The smallest absolute Gasteiger partial charge is 0.289 e. The number of rotatable bonds is 2. The Hall–Kier alpha value is -0.810. The summed E-state index contributed by atoms with van der Waals surface area (Å²) in [6, 6.07) is 1.81. The molecule has 1 unspecified atom stereocenters. The van der Waals surface area contributed by atoms with Gasteiger partial charge in [-0.3, -0.25) is 4.79 Å². The Morgan fingerprint density at radius 1 is 1.71 bits per heavy atom. The number of furan rings is 1. The maximum Gasteiger partial charge on any atom is 0.289 e. The molecule has 5 heteroatoms. The summed E-state index contributed by atoms with van der Waals surface area (Å²) in [5, 5.41) is 0. The minimum atomic E-state index is -0.0367. The Morgan fingerprint density at radius 2 is 2.41 bits per heavy atom. The second-order valence-electron chi connectivity index (χ2n) is 5.05. The molecule has 2 heterocycles. The van der Waals surface area contributed by atoms with Gasteiger partial charge in [-0.2, -0.15) is 0 Å². The van der Waals surface area contributed by atoms with E-state index in [1.54, 1.807) is 0 Å². The topological polar surface area (TPSA) is 59.5 Å². The maximum absolute atomic E-state index is 12.3. The first kappa shape index (κ1) is 12.6. The van der Waals surface area contributed by atoms with Gasteiger partial charge in [0, 0.05) is 18.7 Å². The quantitative estimate of drug-likeness (QED) is 0.910. The number of hydrogen-bond donors (Lipinski definition) is 1. The van der Waals surface area contributed by atoms with E-state index in [9.17, 15) is 4.79 Å². The summed E-state index contributed by atoms with van der Waals surface area (Å²) in [5.74, 6) is 0.392. The van der Waals surface area contributed by atoms with Gasteiger partial charge in [0.1, 0.15) is 0 Å². The van der Waals surface area contributed by atoms with Crippen molar-refractivity contribution in [3.63, 3.8) is 0 Å². The molecule has 0 aliphatic carbocycles. The molecule has 1 saturated heterocycles. The van der Waals surface area contributed by atoms with Gasteiger partial charge in [0.2, 0.25) is 0 Å². The third kappa shape index (κ3) is 2.40. The molecule has 0 saturated carbocycles. The van der Waals surface area contributed by atoms with E-state index in [1.807, 2.05) is 17.9 Å². The standard InChI is InChI=1S/C12H17BrN2O2/c1-8-5-9(13)17-10(8)11(16)15-4-3-12(2,6-14)7-15/h5H,3-4,6-7,14H2,1-2H3. The molecule has 0 radical (unpaired) electrons. The first-order valence-electron chi connectivity index (χ1n) is 5.70. The number of carbonyl (C=O) groups excluding carboxylic acids is 1. The molecule has 1 aliphatic rings. The number of nitrogens with two attached hydrogens (primary N) is 1. The fraction of sp³-hybridized carbons (Fsp3) is 0.583. The van der Waals surface area contributed by atoms with Crippen LogP contribution in [0.4, 0.5) is 0 Å². The minimum Gasteiger partial charge on any atom is -0.444 e. The van der Waals surface area contributed by atoms with Gasteiger partial charge in [-0.05, 0) is 47.3 Å². The summed E-state index contributed by atoms with van der Waals surface area (Å²) in [6.45, 7) is 6.06. The summed E-state index contributed by atoms with van der Waals surface area (Å²) in [6.07, 6.45) is 0.955. The predicted molar refractivity (Wildman–Crippen MR) is 68.8 cm³/mol. The van der Waals surface area contributed by atoms with E-state index in [2.05, 4.69) is 22.9 Å². The van der Waals surface area contributed by atoms with Crippen LogP contribution in [-0.2, 0) is 0 Å². The molecule has 0 bridgehead atoms.